The molecule has 1 amide bonds. The molecule has 0 aromatic heterocycles. The van der Waals surface area contributed by atoms with Gasteiger partial charge in [0.2, 0.25) is 5.91 Å². The van der Waals surface area contributed by atoms with Crippen LogP contribution in [0.4, 0.5) is 0 Å². The standard InChI is InChI=1S/C14H22N2O2.ClH/c1-11(16-14(18)8-5-9-15)10-13(17)12-6-3-2-4-7-12;/h2-4,6-7,11,13,17H,5,8-10,15H2,1H3,(H,16,18);1H. The Morgan fingerprint density at radius 2 is 2.00 bits per heavy atom. The van der Waals surface area contributed by atoms with Crippen LogP contribution in [0, 0.1) is 0 Å². The lowest BCUT2D eigenvalue weighted by atomic mass is 10.0. The Morgan fingerprint density at radius 1 is 1.37 bits per heavy atom. The quantitative estimate of drug-likeness (QED) is 0.715. The smallest absolute Gasteiger partial charge is 0.220 e. The highest BCUT2D eigenvalue weighted by Crippen LogP contribution is 2.17. The van der Waals surface area contributed by atoms with Crippen LogP contribution in [0.5, 0.6) is 0 Å². The number of hydrogen-bond donors (Lipinski definition) is 3. The summed E-state index contributed by atoms with van der Waals surface area (Å²) < 4.78 is 0. The summed E-state index contributed by atoms with van der Waals surface area (Å²) in [6.07, 6.45) is 1.11. The van der Waals surface area contributed by atoms with Crippen molar-refractivity contribution in [2.45, 2.75) is 38.3 Å². The Hall–Kier alpha value is -1.10. The number of amides is 1. The Kier molecular flexibility index (Phi) is 9.21. The van der Waals surface area contributed by atoms with Crippen LogP contribution in [0.3, 0.4) is 0 Å². The maximum Gasteiger partial charge on any atom is 0.220 e. The number of carbonyl (C=O) groups excluding carboxylic acids is 1. The van der Waals surface area contributed by atoms with Crippen LogP contribution in [0.2, 0.25) is 0 Å². The maximum atomic E-state index is 11.5. The van der Waals surface area contributed by atoms with Gasteiger partial charge in [-0.3, -0.25) is 4.79 Å². The minimum Gasteiger partial charge on any atom is -0.388 e. The highest BCUT2D eigenvalue weighted by atomic mass is 35.5. The van der Waals surface area contributed by atoms with Crippen molar-refractivity contribution in [3.8, 4) is 0 Å². The van der Waals surface area contributed by atoms with Gasteiger partial charge in [-0.25, -0.2) is 0 Å². The van der Waals surface area contributed by atoms with Crippen molar-refractivity contribution in [3.63, 3.8) is 0 Å². The molecule has 0 aliphatic rings. The molecule has 108 valence electrons. The molecule has 0 aliphatic heterocycles. The van der Waals surface area contributed by atoms with E-state index in [1.54, 1.807) is 0 Å². The van der Waals surface area contributed by atoms with Gasteiger partial charge in [-0.05, 0) is 31.9 Å². The molecule has 2 unspecified atom stereocenters. The number of halogens is 1. The number of carbonyl (C=O) groups is 1. The van der Waals surface area contributed by atoms with Gasteiger partial charge in [0, 0.05) is 12.5 Å². The van der Waals surface area contributed by atoms with Crippen LogP contribution in [-0.2, 0) is 4.79 Å². The van der Waals surface area contributed by atoms with Crippen molar-refractivity contribution in [1.29, 1.82) is 0 Å². The zero-order valence-electron chi connectivity index (χ0n) is 11.2. The number of benzene rings is 1. The summed E-state index contributed by atoms with van der Waals surface area (Å²) in [5.41, 5.74) is 6.22. The highest BCUT2D eigenvalue weighted by Gasteiger charge is 2.13. The molecule has 0 bridgehead atoms. The number of nitrogens with one attached hydrogen (secondary N) is 1. The zero-order chi connectivity index (χ0) is 13.4. The van der Waals surface area contributed by atoms with Gasteiger partial charge in [-0.2, -0.15) is 0 Å². The van der Waals surface area contributed by atoms with Crippen LogP contribution in [0.25, 0.3) is 0 Å². The van der Waals surface area contributed by atoms with Gasteiger partial charge in [0.15, 0.2) is 0 Å². The van der Waals surface area contributed by atoms with Crippen LogP contribution in [-0.4, -0.2) is 23.6 Å². The van der Waals surface area contributed by atoms with Gasteiger partial charge < -0.3 is 16.2 Å². The lowest BCUT2D eigenvalue weighted by Crippen LogP contribution is -2.33. The lowest BCUT2D eigenvalue weighted by Gasteiger charge is -2.18. The van der Waals surface area contributed by atoms with Gasteiger partial charge in [0.1, 0.15) is 0 Å². The van der Waals surface area contributed by atoms with Gasteiger partial charge in [0.25, 0.3) is 0 Å². The zero-order valence-corrected chi connectivity index (χ0v) is 12.0. The highest BCUT2D eigenvalue weighted by molar-refractivity contribution is 5.85. The largest absolute Gasteiger partial charge is 0.388 e. The molecule has 0 radical (unpaired) electrons. The first-order valence-corrected chi connectivity index (χ1v) is 6.36. The van der Waals surface area contributed by atoms with E-state index in [0.29, 0.717) is 25.8 Å². The van der Waals surface area contributed by atoms with E-state index in [4.69, 9.17) is 5.73 Å². The van der Waals surface area contributed by atoms with E-state index < -0.39 is 6.10 Å². The molecule has 5 heteroatoms. The van der Waals surface area contributed by atoms with E-state index in [1.807, 2.05) is 37.3 Å². The first-order valence-electron chi connectivity index (χ1n) is 6.36. The van der Waals surface area contributed by atoms with Crippen molar-refractivity contribution < 1.29 is 9.90 Å². The lowest BCUT2D eigenvalue weighted by molar-refractivity contribution is -0.121. The Bertz CT molecular complexity index is 360. The average molecular weight is 287 g/mol. The van der Waals surface area contributed by atoms with E-state index in [0.717, 1.165) is 5.56 Å². The molecule has 19 heavy (non-hydrogen) atoms. The normalized spacial score (nSPS) is 13.2. The van der Waals surface area contributed by atoms with E-state index in [9.17, 15) is 9.90 Å². The summed E-state index contributed by atoms with van der Waals surface area (Å²) in [5, 5.41) is 12.9. The van der Waals surface area contributed by atoms with E-state index >= 15 is 0 Å². The molecule has 4 nitrogen and oxygen atoms in total. The topological polar surface area (TPSA) is 75.3 Å². The van der Waals surface area contributed by atoms with Crippen LogP contribution >= 0.6 is 12.4 Å². The van der Waals surface area contributed by atoms with Crippen LogP contribution < -0.4 is 11.1 Å². The maximum absolute atomic E-state index is 11.5. The van der Waals surface area contributed by atoms with E-state index in [-0.39, 0.29) is 24.4 Å². The third kappa shape index (κ3) is 7.15. The summed E-state index contributed by atoms with van der Waals surface area (Å²) in [4.78, 5) is 11.5. The third-order valence-electron chi connectivity index (χ3n) is 2.78. The van der Waals surface area contributed by atoms with E-state index in [1.165, 1.54) is 0 Å². The Balaban J connectivity index is 0.00000324. The van der Waals surface area contributed by atoms with Gasteiger partial charge in [0.05, 0.1) is 6.10 Å². The van der Waals surface area contributed by atoms with Crippen molar-refractivity contribution >= 4 is 18.3 Å². The van der Waals surface area contributed by atoms with Crippen LogP contribution in [0.1, 0.15) is 37.9 Å². The number of hydrogen-bond acceptors (Lipinski definition) is 3. The summed E-state index contributed by atoms with van der Waals surface area (Å²) in [7, 11) is 0. The fraction of sp³-hybridized carbons (Fsp3) is 0.500. The van der Waals surface area contributed by atoms with E-state index in [2.05, 4.69) is 5.32 Å². The molecule has 1 rings (SSSR count). The third-order valence-corrected chi connectivity index (χ3v) is 2.78. The van der Waals surface area contributed by atoms with Crippen molar-refractivity contribution in [3.05, 3.63) is 35.9 Å². The monoisotopic (exact) mass is 286 g/mol. The summed E-state index contributed by atoms with van der Waals surface area (Å²) in [6.45, 7) is 2.42. The molecular formula is C14H23ClN2O2. The SMILES string of the molecule is CC(CC(O)c1ccccc1)NC(=O)CCCN.Cl. The molecule has 1 aromatic carbocycles. The second kappa shape index (κ2) is 9.78. The average Bonchev–Trinajstić information content (AvgIpc) is 2.37. The molecule has 4 N–H and O–H groups in total. The van der Waals surface area contributed by atoms with Gasteiger partial charge in [-0.15, -0.1) is 12.4 Å². The number of aliphatic hydroxyl groups excluding tert-OH is 1. The fourth-order valence-electron chi connectivity index (χ4n) is 1.81. The summed E-state index contributed by atoms with van der Waals surface area (Å²) in [6, 6.07) is 9.41. The number of aliphatic hydroxyl groups is 1. The predicted octanol–water partition coefficient (Wildman–Crippen LogP) is 1.78. The molecule has 0 fully saturated rings. The van der Waals surface area contributed by atoms with Crippen molar-refractivity contribution in [1.82, 2.24) is 5.32 Å². The molecule has 2 atom stereocenters. The molecule has 0 aliphatic carbocycles. The van der Waals surface area contributed by atoms with Crippen molar-refractivity contribution in [2.75, 3.05) is 6.54 Å². The Labute approximate surface area is 120 Å². The minimum atomic E-state index is -0.545. The molecule has 1 aromatic rings. The van der Waals surface area contributed by atoms with Crippen LogP contribution in [0.15, 0.2) is 30.3 Å². The molecular weight excluding hydrogens is 264 g/mol. The predicted molar refractivity (Wildman–Crippen MR) is 79.2 cm³/mol. The molecule has 0 saturated carbocycles. The Morgan fingerprint density at radius 3 is 2.58 bits per heavy atom. The van der Waals surface area contributed by atoms with Crippen molar-refractivity contribution in [2.24, 2.45) is 5.73 Å². The second-order valence-electron chi connectivity index (χ2n) is 4.52. The van der Waals surface area contributed by atoms with Gasteiger partial charge in [-0.1, -0.05) is 30.3 Å². The number of nitrogens with two attached hydrogens (primary N) is 1. The van der Waals surface area contributed by atoms with Gasteiger partial charge >= 0.3 is 0 Å². The minimum absolute atomic E-state index is 0. The molecule has 0 saturated heterocycles. The first-order chi connectivity index (χ1) is 8.63. The summed E-state index contributed by atoms with van der Waals surface area (Å²) in [5.74, 6) is -0.00629. The molecule has 0 spiro atoms. The fourth-order valence-corrected chi connectivity index (χ4v) is 1.81. The number of rotatable bonds is 7. The summed E-state index contributed by atoms with van der Waals surface area (Å²) >= 11 is 0. The molecule has 0 heterocycles. The first kappa shape index (κ1) is 17.9. The second-order valence-corrected chi connectivity index (χ2v) is 4.52.